The first kappa shape index (κ1) is 31.5. The van der Waals surface area contributed by atoms with Crippen LogP contribution in [0.3, 0.4) is 0 Å². The van der Waals surface area contributed by atoms with Gasteiger partial charge in [0.25, 0.3) is 0 Å². The first-order chi connectivity index (χ1) is 26.5. The lowest BCUT2D eigenvalue weighted by atomic mass is 9.97. The van der Waals surface area contributed by atoms with Gasteiger partial charge in [0.2, 0.25) is 11.8 Å². The van der Waals surface area contributed by atoms with Crippen molar-refractivity contribution in [2.45, 2.75) is 13.8 Å². The summed E-state index contributed by atoms with van der Waals surface area (Å²) in [6, 6.07) is 53.9. The lowest BCUT2D eigenvalue weighted by Gasteiger charge is -2.12. The van der Waals surface area contributed by atoms with Crippen LogP contribution in [0.25, 0.3) is 101 Å². The smallest absolute Gasteiger partial charge is 0.227 e. The minimum Gasteiger partial charge on any atom is -0.436 e. The molecule has 0 aliphatic carbocycles. The third kappa shape index (κ3) is 5.80. The second-order valence-corrected chi connectivity index (χ2v) is 13.7. The predicted molar refractivity (Wildman–Crippen MR) is 217 cm³/mol. The highest BCUT2D eigenvalue weighted by Crippen LogP contribution is 2.35. The maximum Gasteiger partial charge on any atom is 0.227 e. The van der Waals surface area contributed by atoms with Crippen molar-refractivity contribution >= 4 is 33.2 Å². The highest BCUT2D eigenvalue weighted by molar-refractivity contribution is 5.87. The van der Waals surface area contributed by atoms with Crippen LogP contribution in [0.4, 0.5) is 0 Å². The topological polar surface area (TPSA) is 77.8 Å². The van der Waals surface area contributed by atoms with E-state index in [1.807, 2.05) is 60.7 Å². The summed E-state index contributed by atoms with van der Waals surface area (Å²) >= 11 is 0. The highest BCUT2D eigenvalue weighted by atomic mass is 16.4. The summed E-state index contributed by atoms with van der Waals surface area (Å²) in [5.74, 6) is 1.25. The van der Waals surface area contributed by atoms with E-state index in [0.29, 0.717) is 11.8 Å². The molecule has 0 amide bonds. The Kier molecular flexibility index (Phi) is 7.47. The second kappa shape index (κ2) is 12.8. The minimum absolute atomic E-state index is 0.623. The van der Waals surface area contributed by atoms with Gasteiger partial charge in [-0.15, -0.1) is 0 Å². The fourth-order valence-corrected chi connectivity index (χ4v) is 6.98. The zero-order valence-corrected chi connectivity index (χ0v) is 29.6. The number of oxazole rings is 2. The fourth-order valence-electron chi connectivity index (χ4n) is 6.98. The quantitative estimate of drug-likeness (QED) is 0.172. The molecule has 0 fully saturated rings. The van der Waals surface area contributed by atoms with Crippen LogP contribution < -0.4 is 0 Å². The molecule has 0 saturated heterocycles. The van der Waals surface area contributed by atoms with Crippen molar-refractivity contribution in [1.82, 2.24) is 19.9 Å². The van der Waals surface area contributed by atoms with Gasteiger partial charge in [-0.25, -0.2) is 19.9 Å². The minimum atomic E-state index is 0.623. The first-order valence-corrected chi connectivity index (χ1v) is 17.9. The van der Waals surface area contributed by atoms with Crippen LogP contribution in [0.15, 0.2) is 167 Å². The van der Waals surface area contributed by atoms with E-state index in [-0.39, 0.29) is 0 Å². The highest BCUT2D eigenvalue weighted by Gasteiger charge is 2.15. The molecule has 7 aromatic carbocycles. The number of hydrogen-bond acceptors (Lipinski definition) is 6. The van der Waals surface area contributed by atoms with E-state index in [2.05, 4.69) is 111 Å². The Balaban J connectivity index is 0.930. The Morgan fingerprint density at radius 2 is 0.648 bits per heavy atom. The zero-order chi connectivity index (χ0) is 36.2. The van der Waals surface area contributed by atoms with Crippen molar-refractivity contribution in [3.05, 3.63) is 169 Å². The molecule has 3 aromatic heterocycles. The number of aromatic nitrogens is 4. The Morgan fingerprint density at radius 3 is 1.02 bits per heavy atom. The lowest BCUT2D eigenvalue weighted by Crippen LogP contribution is -1.95. The van der Waals surface area contributed by atoms with Crippen LogP contribution in [0.1, 0.15) is 11.1 Å². The van der Waals surface area contributed by atoms with Crippen LogP contribution in [-0.4, -0.2) is 19.9 Å². The number of rotatable bonds is 6. The number of fused-ring (bicyclic) bond motifs is 3. The summed E-state index contributed by atoms with van der Waals surface area (Å²) in [5.41, 5.74) is 17.4. The summed E-state index contributed by atoms with van der Waals surface area (Å²) in [6.45, 7) is 4.12. The molecule has 3 heterocycles. The van der Waals surface area contributed by atoms with E-state index in [1.54, 1.807) is 0 Å². The Morgan fingerprint density at radius 1 is 0.315 bits per heavy atom. The first-order valence-electron chi connectivity index (χ1n) is 17.9. The van der Waals surface area contributed by atoms with E-state index < -0.39 is 0 Å². The van der Waals surface area contributed by atoms with Gasteiger partial charge in [-0.3, -0.25) is 0 Å². The largest absolute Gasteiger partial charge is 0.436 e. The maximum absolute atomic E-state index is 6.03. The molecule has 0 unspecified atom stereocenters. The van der Waals surface area contributed by atoms with Crippen molar-refractivity contribution in [2.24, 2.45) is 0 Å². The monoisotopic (exact) mass is 696 g/mol. The average molecular weight is 697 g/mol. The molecular weight excluding hydrogens is 665 g/mol. The number of aryl methyl sites for hydroxylation is 2. The van der Waals surface area contributed by atoms with Crippen molar-refractivity contribution in [3.8, 4) is 67.7 Å². The Hall–Kier alpha value is -7.18. The summed E-state index contributed by atoms with van der Waals surface area (Å²) < 4.78 is 12.1. The van der Waals surface area contributed by atoms with Crippen molar-refractivity contribution < 1.29 is 8.83 Å². The molecule has 0 spiro atoms. The summed E-state index contributed by atoms with van der Waals surface area (Å²) in [5, 5.41) is 0. The molecule has 6 heteroatoms. The number of hydrogen-bond donors (Lipinski definition) is 0. The Labute approximate surface area is 311 Å². The van der Waals surface area contributed by atoms with Crippen LogP contribution >= 0.6 is 0 Å². The second-order valence-electron chi connectivity index (χ2n) is 13.7. The van der Waals surface area contributed by atoms with Crippen LogP contribution in [0.2, 0.25) is 0 Å². The van der Waals surface area contributed by atoms with Crippen LogP contribution in [0, 0.1) is 13.8 Å². The van der Waals surface area contributed by atoms with E-state index in [9.17, 15) is 0 Å². The Bertz CT molecular complexity index is 2770. The van der Waals surface area contributed by atoms with E-state index in [4.69, 9.17) is 28.8 Å². The molecule has 0 N–H and O–H groups in total. The average Bonchev–Trinajstić information content (AvgIpc) is 3.85. The zero-order valence-electron chi connectivity index (χ0n) is 29.6. The number of nitrogens with zero attached hydrogens (tertiary/aromatic N) is 4. The van der Waals surface area contributed by atoms with Crippen LogP contribution in [0.5, 0.6) is 0 Å². The molecule has 0 bridgehead atoms. The third-order valence-corrected chi connectivity index (χ3v) is 9.90. The van der Waals surface area contributed by atoms with Crippen LogP contribution in [-0.2, 0) is 0 Å². The van der Waals surface area contributed by atoms with Gasteiger partial charge in [0, 0.05) is 22.3 Å². The number of para-hydroxylation sites is 2. The molecule has 0 saturated carbocycles. The summed E-state index contributed by atoms with van der Waals surface area (Å²) in [4.78, 5) is 19.7. The van der Waals surface area contributed by atoms with Gasteiger partial charge >= 0.3 is 0 Å². The number of benzene rings is 7. The molecule has 6 nitrogen and oxygen atoms in total. The fraction of sp³-hybridized carbons (Fsp3) is 0.0417. The van der Waals surface area contributed by atoms with Gasteiger partial charge in [-0.2, -0.15) is 0 Å². The molecule has 10 rings (SSSR count). The van der Waals surface area contributed by atoms with E-state index in [0.717, 1.165) is 100 Å². The van der Waals surface area contributed by atoms with Gasteiger partial charge < -0.3 is 8.83 Å². The van der Waals surface area contributed by atoms with Crippen molar-refractivity contribution in [1.29, 1.82) is 0 Å². The van der Waals surface area contributed by atoms with E-state index >= 15 is 0 Å². The molecule has 0 atom stereocenters. The lowest BCUT2D eigenvalue weighted by molar-refractivity contribution is 0.619. The van der Waals surface area contributed by atoms with Gasteiger partial charge in [0.1, 0.15) is 11.0 Å². The molecule has 256 valence electrons. The molecule has 54 heavy (non-hydrogen) atoms. The SMILES string of the molecule is Cc1ccc2oc(-c3ccc(-c4ccc(-c5nc6ccccc6nc5-c5ccc(-c6ccc(-c7nc8cc(C)ccc8o7)cc6)cc5)cc4)cc3)nc2c1. The molecule has 0 aliphatic rings. The van der Waals surface area contributed by atoms with E-state index in [1.165, 1.54) is 0 Å². The molecule has 10 aromatic rings. The standard InChI is InChI=1S/C48H32N4O2/c1-29-7-25-43-41(27-29)51-47(53-43)37-21-13-33(14-22-37)31-9-17-35(18-10-31)45-46(50-40-6-4-3-5-39(40)49-45)36-19-11-32(12-20-36)34-15-23-38(24-16-34)48-52-42-28-30(2)8-26-44(42)54-48/h3-28H,1-2H3. The van der Waals surface area contributed by atoms with Crippen molar-refractivity contribution in [3.63, 3.8) is 0 Å². The normalized spacial score (nSPS) is 11.5. The van der Waals surface area contributed by atoms with Gasteiger partial charge in [0.05, 0.1) is 22.4 Å². The molecule has 0 radical (unpaired) electrons. The van der Waals surface area contributed by atoms with Crippen molar-refractivity contribution in [2.75, 3.05) is 0 Å². The molecular formula is C48H32N4O2. The predicted octanol–water partition coefficient (Wildman–Crippen LogP) is 12.5. The summed E-state index contributed by atoms with van der Waals surface area (Å²) in [6.07, 6.45) is 0. The van der Waals surface area contributed by atoms with Gasteiger partial charge in [-0.05, 0) is 108 Å². The third-order valence-electron chi connectivity index (χ3n) is 9.90. The van der Waals surface area contributed by atoms with Gasteiger partial charge in [0.15, 0.2) is 11.2 Å². The summed E-state index contributed by atoms with van der Waals surface area (Å²) in [7, 11) is 0. The maximum atomic E-state index is 6.03. The molecule has 0 aliphatic heterocycles. The van der Waals surface area contributed by atoms with Gasteiger partial charge in [-0.1, -0.05) is 97.1 Å².